The van der Waals surface area contributed by atoms with E-state index in [0.717, 1.165) is 0 Å². The third kappa shape index (κ3) is 2.12. The number of anilines is 2. The molecule has 82 valence electrons. The van der Waals surface area contributed by atoms with Gasteiger partial charge in [-0.1, -0.05) is 11.6 Å². The van der Waals surface area contributed by atoms with Gasteiger partial charge in [-0.25, -0.2) is 13.8 Å². The molecule has 15 heavy (non-hydrogen) atoms. The van der Waals surface area contributed by atoms with Gasteiger partial charge in [0, 0.05) is 13.0 Å². The highest BCUT2D eigenvalue weighted by Crippen LogP contribution is 2.33. The summed E-state index contributed by atoms with van der Waals surface area (Å²) in [4.78, 5) is 5.44. The molecule has 1 saturated heterocycles. The Labute approximate surface area is 90.8 Å². The number of pyridine rings is 1. The van der Waals surface area contributed by atoms with Crippen LogP contribution >= 0.6 is 11.6 Å². The highest BCUT2D eigenvalue weighted by molar-refractivity contribution is 6.33. The van der Waals surface area contributed by atoms with Crippen molar-refractivity contribution in [3.8, 4) is 0 Å². The molecular weight excluding hydrogens is 224 g/mol. The van der Waals surface area contributed by atoms with E-state index >= 15 is 0 Å². The Bertz CT molecular complexity index is 384. The summed E-state index contributed by atoms with van der Waals surface area (Å²) in [6, 6.07) is 1.51. The Morgan fingerprint density at radius 2 is 2.27 bits per heavy atom. The van der Waals surface area contributed by atoms with Crippen LogP contribution in [0.5, 0.6) is 0 Å². The summed E-state index contributed by atoms with van der Waals surface area (Å²) >= 11 is 5.87. The molecule has 2 heterocycles. The Morgan fingerprint density at radius 1 is 1.53 bits per heavy atom. The molecule has 0 saturated carbocycles. The molecule has 1 aromatic rings. The van der Waals surface area contributed by atoms with E-state index in [1.807, 2.05) is 0 Å². The number of nitrogens with two attached hydrogens (primary N) is 1. The lowest BCUT2D eigenvalue weighted by atomic mass is 10.3. The van der Waals surface area contributed by atoms with E-state index in [-0.39, 0.29) is 19.5 Å². The molecule has 0 aromatic carbocycles. The van der Waals surface area contributed by atoms with Crippen LogP contribution in [0.25, 0.3) is 0 Å². The summed E-state index contributed by atoms with van der Waals surface area (Å²) < 4.78 is 25.9. The zero-order valence-electron chi connectivity index (χ0n) is 7.88. The van der Waals surface area contributed by atoms with Gasteiger partial charge >= 0.3 is 0 Å². The van der Waals surface area contributed by atoms with Gasteiger partial charge in [0.25, 0.3) is 5.92 Å². The van der Waals surface area contributed by atoms with Crippen molar-refractivity contribution in [2.45, 2.75) is 12.3 Å². The number of aromatic nitrogens is 1. The Kier molecular flexibility index (Phi) is 2.42. The van der Waals surface area contributed by atoms with Crippen molar-refractivity contribution in [3.05, 3.63) is 17.3 Å². The first-order chi connectivity index (χ1) is 6.98. The van der Waals surface area contributed by atoms with E-state index < -0.39 is 5.92 Å². The van der Waals surface area contributed by atoms with Crippen LogP contribution in [0, 0.1) is 0 Å². The number of nitrogens with zero attached hydrogens (tertiary/aromatic N) is 2. The van der Waals surface area contributed by atoms with Crippen molar-refractivity contribution >= 4 is 23.1 Å². The van der Waals surface area contributed by atoms with Crippen LogP contribution in [-0.4, -0.2) is 24.0 Å². The largest absolute Gasteiger partial charge is 0.397 e. The van der Waals surface area contributed by atoms with Gasteiger partial charge in [-0.15, -0.1) is 0 Å². The molecule has 0 amide bonds. The minimum atomic E-state index is -2.65. The van der Waals surface area contributed by atoms with Gasteiger partial charge in [-0.2, -0.15) is 0 Å². The lowest BCUT2D eigenvalue weighted by Crippen LogP contribution is -2.25. The van der Waals surface area contributed by atoms with Crippen molar-refractivity contribution in [1.29, 1.82) is 0 Å². The molecule has 0 spiro atoms. The second-order valence-electron chi connectivity index (χ2n) is 3.60. The smallest absolute Gasteiger partial charge is 0.266 e. The summed E-state index contributed by atoms with van der Waals surface area (Å²) in [6.45, 7) is -0.0622. The van der Waals surface area contributed by atoms with Gasteiger partial charge in [0.2, 0.25) is 0 Å². The van der Waals surface area contributed by atoms with Crippen LogP contribution in [0.3, 0.4) is 0 Å². The lowest BCUT2D eigenvalue weighted by molar-refractivity contribution is 0.0257. The van der Waals surface area contributed by atoms with Gasteiger partial charge < -0.3 is 10.6 Å². The second-order valence-corrected chi connectivity index (χ2v) is 4.01. The summed E-state index contributed by atoms with van der Waals surface area (Å²) in [5.41, 5.74) is 5.89. The van der Waals surface area contributed by atoms with Crippen molar-refractivity contribution in [2.75, 3.05) is 23.7 Å². The van der Waals surface area contributed by atoms with Crippen molar-refractivity contribution in [1.82, 2.24) is 4.98 Å². The number of alkyl halides is 2. The number of halogens is 3. The highest BCUT2D eigenvalue weighted by atomic mass is 35.5. The molecular formula is C9H10ClF2N3. The molecule has 0 atom stereocenters. The first-order valence-electron chi connectivity index (χ1n) is 4.52. The number of rotatable bonds is 1. The Hall–Kier alpha value is -1.10. The molecule has 3 nitrogen and oxygen atoms in total. The van der Waals surface area contributed by atoms with Crippen LogP contribution in [0.4, 0.5) is 20.3 Å². The standard InChI is InChI=1S/C9H10ClF2N3/c10-7-3-6(13)4-14-8(7)15-2-1-9(11,12)5-15/h3-4H,1-2,5,13H2. The molecule has 0 unspecified atom stereocenters. The molecule has 2 rings (SSSR count). The van der Waals surface area contributed by atoms with Gasteiger partial charge in [0.05, 0.1) is 23.5 Å². The molecule has 0 bridgehead atoms. The number of nitrogen functional groups attached to an aromatic ring is 1. The lowest BCUT2D eigenvalue weighted by Gasteiger charge is -2.18. The number of hydrogen-bond acceptors (Lipinski definition) is 3. The van der Waals surface area contributed by atoms with Crippen molar-refractivity contribution in [3.63, 3.8) is 0 Å². The molecule has 0 radical (unpaired) electrons. The predicted molar refractivity (Wildman–Crippen MR) is 55.4 cm³/mol. The van der Waals surface area contributed by atoms with Gasteiger partial charge in [0.15, 0.2) is 0 Å². The van der Waals surface area contributed by atoms with Crippen LogP contribution in [-0.2, 0) is 0 Å². The van der Waals surface area contributed by atoms with E-state index in [1.165, 1.54) is 17.2 Å². The molecule has 0 aliphatic carbocycles. The Balaban J connectivity index is 2.24. The van der Waals surface area contributed by atoms with Gasteiger partial charge in [-0.05, 0) is 6.07 Å². The van der Waals surface area contributed by atoms with E-state index in [2.05, 4.69) is 4.98 Å². The van der Waals surface area contributed by atoms with Crippen molar-refractivity contribution in [2.24, 2.45) is 0 Å². The SMILES string of the molecule is Nc1cnc(N2CCC(F)(F)C2)c(Cl)c1. The zero-order chi connectivity index (χ0) is 11.1. The first kappa shape index (κ1) is 10.4. The summed E-state index contributed by atoms with van der Waals surface area (Å²) in [5.74, 6) is -2.27. The summed E-state index contributed by atoms with van der Waals surface area (Å²) in [7, 11) is 0. The molecule has 1 aliphatic heterocycles. The normalized spacial score (nSPS) is 19.5. The quantitative estimate of drug-likeness (QED) is 0.808. The fourth-order valence-corrected chi connectivity index (χ4v) is 1.89. The molecule has 2 N–H and O–H groups in total. The maximum absolute atomic E-state index is 13.0. The maximum atomic E-state index is 13.0. The zero-order valence-corrected chi connectivity index (χ0v) is 8.64. The first-order valence-corrected chi connectivity index (χ1v) is 4.89. The molecule has 1 aromatic heterocycles. The molecule has 1 fully saturated rings. The fourth-order valence-electron chi connectivity index (χ4n) is 1.59. The van der Waals surface area contributed by atoms with Crippen LogP contribution in [0.2, 0.25) is 5.02 Å². The van der Waals surface area contributed by atoms with Gasteiger partial charge in [0.1, 0.15) is 5.82 Å². The Morgan fingerprint density at radius 3 is 2.80 bits per heavy atom. The third-order valence-corrected chi connectivity index (χ3v) is 2.59. The summed E-state index contributed by atoms with van der Waals surface area (Å²) in [6.07, 6.45) is 1.26. The third-order valence-electron chi connectivity index (χ3n) is 2.31. The molecule has 6 heteroatoms. The van der Waals surface area contributed by atoms with E-state index in [9.17, 15) is 8.78 Å². The van der Waals surface area contributed by atoms with E-state index in [4.69, 9.17) is 17.3 Å². The van der Waals surface area contributed by atoms with Crippen LogP contribution in [0.1, 0.15) is 6.42 Å². The maximum Gasteiger partial charge on any atom is 0.266 e. The minimum absolute atomic E-state index is 0.157. The monoisotopic (exact) mass is 233 g/mol. The second kappa shape index (κ2) is 3.48. The fraction of sp³-hybridized carbons (Fsp3) is 0.444. The molecule has 1 aliphatic rings. The van der Waals surface area contributed by atoms with Crippen LogP contribution < -0.4 is 10.6 Å². The average molecular weight is 234 g/mol. The van der Waals surface area contributed by atoms with Gasteiger partial charge in [-0.3, -0.25) is 0 Å². The van der Waals surface area contributed by atoms with Crippen molar-refractivity contribution < 1.29 is 8.78 Å². The van der Waals surface area contributed by atoms with E-state index in [1.54, 1.807) is 0 Å². The average Bonchev–Trinajstić information content (AvgIpc) is 2.46. The van der Waals surface area contributed by atoms with E-state index in [0.29, 0.717) is 16.5 Å². The topological polar surface area (TPSA) is 42.1 Å². The summed E-state index contributed by atoms with van der Waals surface area (Å²) in [5, 5.41) is 0.313. The minimum Gasteiger partial charge on any atom is -0.397 e. The predicted octanol–water partition coefficient (Wildman–Crippen LogP) is 2.16. The van der Waals surface area contributed by atoms with Crippen LogP contribution in [0.15, 0.2) is 12.3 Å². The number of hydrogen-bond donors (Lipinski definition) is 1. The highest BCUT2D eigenvalue weighted by Gasteiger charge is 2.39.